The summed E-state index contributed by atoms with van der Waals surface area (Å²) in [6, 6.07) is 0. The van der Waals surface area contributed by atoms with Crippen LogP contribution in [0.2, 0.25) is 0 Å². The van der Waals surface area contributed by atoms with Gasteiger partial charge in [0.2, 0.25) is 0 Å². The summed E-state index contributed by atoms with van der Waals surface area (Å²) in [6.07, 6.45) is 2.13. The number of carbonyl (C=O) groups is 2. The number of hydrogen-bond acceptors (Lipinski definition) is 3. The normalized spacial score (nSPS) is 8.69. The molecule has 0 aliphatic carbocycles. The lowest BCUT2D eigenvalue weighted by Gasteiger charge is -2.19. The largest absolute Gasteiger partial charge is 0.362 e. The van der Waals surface area contributed by atoms with Crippen molar-refractivity contribution < 1.29 is 14.3 Å². The van der Waals surface area contributed by atoms with Gasteiger partial charge in [0.05, 0.1) is 0 Å². The molecule has 0 bridgehead atoms. The lowest BCUT2D eigenvalue weighted by atomic mass is 10.5. The molecule has 5 nitrogen and oxygen atoms in total. The Hall–Kier alpha value is -1.62. The van der Waals surface area contributed by atoms with E-state index >= 15 is 0 Å². The molecule has 13 heavy (non-hydrogen) atoms. The first-order chi connectivity index (χ1) is 6.15. The summed E-state index contributed by atoms with van der Waals surface area (Å²) in [7, 11) is 1.41. The van der Waals surface area contributed by atoms with Gasteiger partial charge in [-0.1, -0.05) is 13.2 Å². The van der Waals surface area contributed by atoms with Gasteiger partial charge in [-0.25, -0.2) is 5.01 Å². The van der Waals surface area contributed by atoms with E-state index < -0.39 is 11.8 Å². The fraction of sp³-hybridized carbons (Fsp3) is 0.250. The second-order valence-electron chi connectivity index (χ2n) is 2.07. The molecule has 0 saturated carbocycles. The number of carbonyl (C=O) groups excluding carboxylic acids is 2. The van der Waals surface area contributed by atoms with Crippen LogP contribution in [-0.2, 0) is 14.3 Å². The zero-order valence-corrected chi connectivity index (χ0v) is 7.45. The first-order valence-corrected chi connectivity index (χ1v) is 3.51. The molecule has 2 amide bonds. The summed E-state index contributed by atoms with van der Waals surface area (Å²) in [6.45, 7) is 6.48. The number of rotatable bonds is 4. The molecular weight excluding hydrogens is 172 g/mol. The van der Waals surface area contributed by atoms with Crippen molar-refractivity contribution in [3.05, 3.63) is 25.3 Å². The van der Waals surface area contributed by atoms with Crippen LogP contribution in [0.15, 0.2) is 25.3 Å². The summed E-state index contributed by atoms with van der Waals surface area (Å²) < 4.78 is 4.68. The van der Waals surface area contributed by atoms with E-state index in [9.17, 15) is 9.59 Å². The highest BCUT2D eigenvalue weighted by Crippen LogP contribution is 1.86. The van der Waals surface area contributed by atoms with Crippen LogP contribution in [-0.4, -0.2) is 30.7 Å². The Morgan fingerprint density at radius 3 is 2.46 bits per heavy atom. The monoisotopic (exact) mass is 184 g/mol. The smallest absolute Gasteiger partial charge is 0.266 e. The van der Waals surface area contributed by atoms with Crippen molar-refractivity contribution in [1.82, 2.24) is 10.4 Å². The van der Waals surface area contributed by atoms with Crippen LogP contribution in [0.5, 0.6) is 0 Å². The van der Waals surface area contributed by atoms with Crippen LogP contribution < -0.4 is 5.43 Å². The average molecular weight is 184 g/mol. The number of hydrazine groups is 1. The molecule has 0 aromatic carbocycles. The number of nitrogens with one attached hydrogen (secondary N) is 1. The molecule has 72 valence electrons. The summed E-state index contributed by atoms with van der Waals surface area (Å²) in [4.78, 5) is 21.8. The SMILES string of the molecule is C=CC(=O)NN(COC)C(=O)C=C. The first-order valence-electron chi connectivity index (χ1n) is 3.51. The maximum Gasteiger partial charge on any atom is 0.266 e. The molecule has 5 heteroatoms. The van der Waals surface area contributed by atoms with E-state index in [2.05, 4.69) is 23.3 Å². The highest BCUT2D eigenvalue weighted by Gasteiger charge is 2.10. The van der Waals surface area contributed by atoms with Crippen molar-refractivity contribution in [2.75, 3.05) is 13.8 Å². The van der Waals surface area contributed by atoms with E-state index in [1.807, 2.05) is 0 Å². The molecule has 0 rings (SSSR count). The van der Waals surface area contributed by atoms with Crippen molar-refractivity contribution in [2.24, 2.45) is 0 Å². The lowest BCUT2D eigenvalue weighted by molar-refractivity contribution is -0.141. The predicted molar refractivity (Wildman–Crippen MR) is 47.3 cm³/mol. The van der Waals surface area contributed by atoms with Gasteiger partial charge in [-0.2, -0.15) is 0 Å². The van der Waals surface area contributed by atoms with Crippen LogP contribution in [0.1, 0.15) is 0 Å². The van der Waals surface area contributed by atoms with Gasteiger partial charge < -0.3 is 4.74 Å². The van der Waals surface area contributed by atoms with E-state index in [1.165, 1.54) is 7.11 Å². The number of amides is 2. The maximum absolute atomic E-state index is 11.0. The van der Waals surface area contributed by atoms with Crippen LogP contribution in [0, 0.1) is 0 Å². The average Bonchev–Trinajstić information content (AvgIpc) is 2.15. The molecule has 0 aromatic heterocycles. The minimum absolute atomic E-state index is 0.0373. The topological polar surface area (TPSA) is 58.6 Å². The fourth-order valence-electron chi connectivity index (χ4n) is 0.569. The quantitative estimate of drug-likeness (QED) is 0.374. The van der Waals surface area contributed by atoms with Crippen LogP contribution in [0.4, 0.5) is 0 Å². The van der Waals surface area contributed by atoms with E-state index in [0.717, 1.165) is 17.2 Å². The van der Waals surface area contributed by atoms with Crippen molar-refractivity contribution in [3.8, 4) is 0 Å². The molecule has 0 unspecified atom stereocenters. The Bertz CT molecular complexity index is 225. The van der Waals surface area contributed by atoms with E-state index in [0.29, 0.717) is 0 Å². The Kier molecular flexibility index (Phi) is 5.22. The molecule has 0 aromatic rings. The molecule has 0 fully saturated rings. The minimum atomic E-state index is -0.479. The molecule has 0 heterocycles. The zero-order valence-electron chi connectivity index (χ0n) is 7.45. The summed E-state index contributed by atoms with van der Waals surface area (Å²) >= 11 is 0. The minimum Gasteiger partial charge on any atom is -0.362 e. The second kappa shape index (κ2) is 5.96. The van der Waals surface area contributed by atoms with Gasteiger partial charge in [0.15, 0.2) is 0 Å². The third-order valence-corrected chi connectivity index (χ3v) is 1.13. The van der Waals surface area contributed by atoms with Crippen molar-refractivity contribution >= 4 is 11.8 Å². The predicted octanol–water partition coefficient (Wildman–Crippen LogP) is -0.178. The van der Waals surface area contributed by atoms with E-state index in [-0.39, 0.29) is 6.73 Å². The molecule has 0 aliphatic rings. The van der Waals surface area contributed by atoms with Crippen LogP contribution in [0.3, 0.4) is 0 Å². The molecule has 0 aliphatic heterocycles. The maximum atomic E-state index is 11.0. The van der Waals surface area contributed by atoms with Crippen LogP contribution in [0.25, 0.3) is 0 Å². The van der Waals surface area contributed by atoms with Gasteiger partial charge in [0.1, 0.15) is 6.73 Å². The van der Waals surface area contributed by atoms with Gasteiger partial charge >= 0.3 is 0 Å². The standard InChI is InChI=1S/C8H12N2O3/c1-4-7(11)9-10(6-13-3)8(12)5-2/h4-5H,1-2,6H2,3H3,(H,9,11). The number of hydrogen-bond donors (Lipinski definition) is 1. The summed E-state index contributed by atoms with van der Waals surface area (Å²) in [5.41, 5.74) is 2.25. The van der Waals surface area contributed by atoms with Crippen molar-refractivity contribution in [2.45, 2.75) is 0 Å². The van der Waals surface area contributed by atoms with Crippen molar-refractivity contribution in [3.63, 3.8) is 0 Å². The number of ether oxygens (including phenoxy) is 1. The molecule has 0 spiro atoms. The molecule has 0 radical (unpaired) electrons. The van der Waals surface area contributed by atoms with Gasteiger partial charge in [-0.05, 0) is 12.2 Å². The second-order valence-corrected chi connectivity index (χ2v) is 2.07. The van der Waals surface area contributed by atoms with Crippen LogP contribution >= 0.6 is 0 Å². The van der Waals surface area contributed by atoms with Crippen molar-refractivity contribution in [1.29, 1.82) is 0 Å². The Morgan fingerprint density at radius 2 is 2.08 bits per heavy atom. The Morgan fingerprint density at radius 1 is 1.46 bits per heavy atom. The molecule has 0 saturated heterocycles. The molecular formula is C8H12N2O3. The third-order valence-electron chi connectivity index (χ3n) is 1.13. The van der Waals surface area contributed by atoms with Gasteiger partial charge in [0.25, 0.3) is 11.8 Å². The Labute approximate surface area is 76.6 Å². The molecule has 0 atom stereocenters. The lowest BCUT2D eigenvalue weighted by Crippen LogP contribution is -2.45. The number of nitrogens with zero attached hydrogens (tertiary/aromatic N) is 1. The van der Waals surface area contributed by atoms with Gasteiger partial charge in [-0.3, -0.25) is 15.0 Å². The van der Waals surface area contributed by atoms with E-state index in [1.54, 1.807) is 0 Å². The van der Waals surface area contributed by atoms with E-state index in [4.69, 9.17) is 0 Å². The molecule has 1 N–H and O–H groups in total. The summed E-state index contributed by atoms with van der Waals surface area (Å²) in [5, 5.41) is 0.983. The van der Waals surface area contributed by atoms with Gasteiger partial charge in [-0.15, -0.1) is 0 Å². The van der Waals surface area contributed by atoms with Gasteiger partial charge in [0, 0.05) is 7.11 Å². The zero-order chi connectivity index (χ0) is 10.3. The number of methoxy groups -OCH3 is 1. The fourth-order valence-corrected chi connectivity index (χ4v) is 0.569. The highest BCUT2D eigenvalue weighted by atomic mass is 16.5. The first kappa shape index (κ1) is 11.4. The Balaban J connectivity index is 4.24. The summed E-state index contributed by atoms with van der Waals surface area (Å²) in [5.74, 6) is -0.927. The highest BCUT2D eigenvalue weighted by molar-refractivity contribution is 5.92. The third kappa shape index (κ3) is 4.07.